The van der Waals surface area contributed by atoms with Gasteiger partial charge in [0.05, 0.1) is 0 Å². The number of nitrogens with one attached hydrogen (secondary N) is 3. The number of hydrogen-bond donors (Lipinski definition) is 3. The number of imide groups is 1. The highest BCUT2D eigenvalue weighted by molar-refractivity contribution is 5.98. The van der Waals surface area contributed by atoms with Crippen molar-refractivity contribution in [3.63, 3.8) is 0 Å². The first-order chi connectivity index (χ1) is 8.95. The maximum atomic E-state index is 11.8. The molecule has 0 bridgehead atoms. The van der Waals surface area contributed by atoms with Gasteiger partial charge in [0, 0.05) is 12.2 Å². The normalized spacial score (nSPS) is 11.6. The smallest absolute Gasteiger partial charge is 0.321 e. The van der Waals surface area contributed by atoms with Crippen molar-refractivity contribution in [2.45, 2.75) is 33.7 Å². The molecule has 5 heteroatoms. The van der Waals surface area contributed by atoms with Crippen LogP contribution in [0.5, 0.6) is 0 Å². The highest BCUT2D eigenvalue weighted by Gasteiger charge is 2.16. The van der Waals surface area contributed by atoms with Crippen molar-refractivity contribution in [3.8, 4) is 0 Å². The topological polar surface area (TPSA) is 70.2 Å². The number of carbonyl (C=O) groups is 2. The molecule has 0 aliphatic carbocycles. The molecule has 0 heterocycles. The minimum absolute atomic E-state index is 0.355. The number of carbonyl (C=O) groups excluding carboxylic acids is 2. The van der Waals surface area contributed by atoms with Crippen LogP contribution in [0, 0.1) is 13.8 Å². The zero-order valence-electron chi connectivity index (χ0n) is 11.8. The maximum absolute atomic E-state index is 11.8. The molecule has 0 saturated carbocycles. The van der Waals surface area contributed by atoms with Crippen LogP contribution in [0.4, 0.5) is 10.5 Å². The molecule has 1 unspecified atom stereocenters. The van der Waals surface area contributed by atoms with E-state index in [-0.39, 0.29) is 5.91 Å². The third-order valence-electron chi connectivity index (χ3n) is 2.94. The third kappa shape index (κ3) is 4.28. The monoisotopic (exact) mass is 263 g/mol. The molecule has 0 aromatic heterocycles. The average Bonchev–Trinajstić information content (AvgIpc) is 2.35. The predicted octanol–water partition coefficient (Wildman–Crippen LogP) is 1.95. The Labute approximate surface area is 113 Å². The Hall–Kier alpha value is -2.04. The molecule has 19 heavy (non-hydrogen) atoms. The summed E-state index contributed by atoms with van der Waals surface area (Å²) in [5, 5.41) is 7.91. The van der Waals surface area contributed by atoms with Crippen LogP contribution in [-0.4, -0.2) is 24.5 Å². The van der Waals surface area contributed by atoms with Gasteiger partial charge in [-0.2, -0.15) is 0 Å². The first kappa shape index (κ1) is 15.0. The molecule has 5 nitrogen and oxygen atoms in total. The van der Waals surface area contributed by atoms with Gasteiger partial charge in [-0.15, -0.1) is 0 Å². The lowest BCUT2D eigenvalue weighted by molar-refractivity contribution is -0.120. The fraction of sp³-hybridized carbons (Fsp3) is 0.429. The summed E-state index contributed by atoms with van der Waals surface area (Å²) in [7, 11) is 0. The van der Waals surface area contributed by atoms with Gasteiger partial charge in [-0.3, -0.25) is 10.1 Å². The van der Waals surface area contributed by atoms with Crippen LogP contribution in [0.1, 0.15) is 25.0 Å². The summed E-state index contributed by atoms with van der Waals surface area (Å²) >= 11 is 0. The molecule has 0 aliphatic rings. The van der Waals surface area contributed by atoms with E-state index in [4.69, 9.17) is 0 Å². The van der Waals surface area contributed by atoms with Crippen LogP contribution >= 0.6 is 0 Å². The SMILES string of the molecule is CCNC(=O)NC(=O)C(C)Nc1cccc(C)c1C. The van der Waals surface area contributed by atoms with Gasteiger partial charge in [-0.05, 0) is 44.9 Å². The highest BCUT2D eigenvalue weighted by Crippen LogP contribution is 2.18. The Balaban J connectivity index is 2.64. The van der Waals surface area contributed by atoms with E-state index < -0.39 is 12.1 Å². The van der Waals surface area contributed by atoms with E-state index in [1.54, 1.807) is 13.8 Å². The van der Waals surface area contributed by atoms with E-state index in [1.165, 1.54) is 0 Å². The van der Waals surface area contributed by atoms with Crippen molar-refractivity contribution in [1.82, 2.24) is 10.6 Å². The lowest BCUT2D eigenvalue weighted by Crippen LogP contribution is -2.45. The van der Waals surface area contributed by atoms with Crippen LogP contribution in [0.3, 0.4) is 0 Å². The van der Waals surface area contributed by atoms with Crippen molar-refractivity contribution < 1.29 is 9.59 Å². The van der Waals surface area contributed by atoms with Crippen molar-refractivity contribution in [1.29, 1.82) is 0 Å². The molecule has 3 N–H and O–H groups in total. The van der Waals surface area contributed by atoms with Gasteiger partial charge in [0.2, 0.25) is 5.91 Å². The number of urea groups is 1. The van der Waals surface area contributed by atoms with E-state index >= 15 is 0 Å². The lowest BCUT2D eigenvalue weighted by Gasteiger charge is -2.17. The minimum atomic E-state index is -0.483. The quantitative estimate of drug-likeness (QED) is 0.777. The van der Waals surface area contributed by atoms with Crippen LogP contribution < -0.4 is 16.0 Å². The lowest BCUT2D eigenvalue weighted by atomic mass is 10.1. The fourth-order valence-electron chi connectivity index (χ4n) is 1.63. The van der Waals surface area contributed by atoms with E-state index in [0.29, 0.717) is 6.54 Å². The van der Waals surface area contributed by atoms with Gasteiger partial charge < -0.3 is 10.6 Å². The Morgan fingerprint density at radius 3 is 2.58 bits per heavy atom. The number of amides is 3. The molecule has 0 fully saturated rings. The molecular formula is C14H21N3O2. The van der Waals surface area contributed by atoms with E-state index in [2.05, 4.69) is 16.0 Å². The van der Waals surface area contributed by atoms with E-state index in [1.807, 2.05) is 32.0 Å². The molecule has 1 aromatic carbocycles. The van der Waals surface area contributed by atoms with E-state index in [0.717, 1.165) is 16.8 Å². The van der Waals surface area contributed by atoms with Gasteiger partial charge in [0.1, 0.15) is 6.04 Å². The summed E-state index contributed by atoms with van der Waals surface area (Å²) in [6, 6.07) is 4.90. The molecule has 104 valence electrons. The molecule has 1 aromatic rings. The van der Waals surface area contributed by atoms with Gasteiger partial charge >= 0.3 is 6.03 Å². The van der Waals surface area contributed by atoms with E-state index in [9.17, 15) is 9.59 Å². The molecule has 0 aliphatic heterocycles. The van der Waals surface area contributed by atoms with Gasteiger partial charge in [0.15, 0.2) is 0 Å². The predicted molar refractivity (Wildman–Crippen MR) is 76.2 cm³/mol. The van der Waals surface area contributed by atoms with Gasteiger partial charge in [-0.25, -0.2) is 4.79 Å². The number of aryl methyl sites for hydroxylation is 1. The standard InChI is InChI=1S/C14H21N3O2/c1-5-15-14(19)17-13(18)11(4)16-12-8-6-7-9(2)10(12)3/h6-8,11,16H,5H2,1-4H3,(H2,15,17,18,19). The Morgan fingerprint density at radius 1 is 1.26 bits per heavy atom. The average molecular weight is 263 g/mol. The van der Waals surface area contributed by atoms with Crippen LogP contribution in [0.25, 0.3) is 0 Å². The summed E-state index contributed by atoms with van der Waals surface area (Å²) < 4.78 is 0. The van der Waals surface area contributed by atoms with Crippen LogP contribution in [-0.2, 0) is 4.79 Å². The number of hydrogen-bond acceptors (Lipinski definition) is 3. The van der Waals surface area contributed by atoms with Crippen LogP contribution in [0.2, 0.25) is 0 Å². The Morgan fingerprint density at radius 2 is 1.95 bits per heavy atom. The summed E-state index contributed by atoms with van der Waals surface area (Å²) in [5.74, 6) is -0.355. The summed E-state index contributed by atoms with van der Waals surface area (Å²) in [4.78, 5) is 23.1. The van der Waals surface area contributed by atoms with Crippen molar-refractivity contribution in [2.75, 3.05) is 11.9 Å². The summed E-state index contributed by atoms with van der Waals surface area (Å²) in [6.45, 7) is 8.00. The van der Waals surface area contributed by atoms with Gasteiger partial charge in [-0.1, -0.05) is 12.1 Å². The summed E-state index contributed by atoms with van der Waals surface area (Å²) in [6.07, 6.45) is 0. The van der Waals surface area contributed by atoms with Crippen molar-refractivity contribution >= 4 is 17.6 Å². The molecule has 0 saturated heterocycles. The van der Waals surface area contributed by atoms with Gasteiger partial charge in [0.25, 0.3) is 0 Å². The second-order valence-electron chi connectivity index (χ2n) is 4.46. The third-order valence-corrected chi connectivity index (χ3v) is 2.94. The Bertz CT molecular complexity index is 472. The van der Waals surface area contributed by atoms with Crippen LogP contribution in [0.15, 0.2) is 18.2 Å². The highest BCUT2D eigenvalue weighted by atomic mass is 16.2. The number of anilines is 1. The second kappa shape index (κ2) is 6.78. The fourth-order valence-corrected chi connectivity index (χ4v) is 1.63. The maximum Gasteiger partial charge on any atom is 0.321 e. The van der Waals surface area contributed by atoms with Crippen molar-refractivity contribution in [2.24, 2.45) is 0 Å². The zero-order chi connectivity index (χ0) is 14.4. The largest absolute Gasteiger partial charge is 0.374 e. The molecule has 1 rings (SSSR count). The first-order valence-electron chi connectivity index (χ1n) is 6.37. The Kier molecular flexibility index (Phi) is 5.36. The molecular weight excluding hydrogens is 242 g/mol. The van der Waals surface area contributed by atoms with Crippen molar-refractivity contribution in [3.05, 3.63) is 29.3 Å². The number of benzene rings is 1. The summed E-state index contributed by atoms with van der Waals surface area (Å²) in [5.41, 5.74) is 3.15. The zero-order valence-corrected chi connectivity index (χ0v) is 11.8. The first-order valence-corrected chi connectivity index (χ1v) is 6.37. The molecule has 0 spiro atoms. The molecule has 3 amide bonds. The minimum Gasteiger partial charge on any atom is -0.374 e. The molecule has 0 radical (unpaired) electrons. The molecule has 1 atom stereocenters. The number of rotatable bonds is 4. The second-order valence-corrected chi connectivity index (χ2v) is 4.46.